The van der Waals surface area contributed by atoms with E-state index in [1.54, 1.807) is 38.1 Å². The van der Waals surface area contributed by atoms with Crippen LogP contribution < -0.4 is 9.47 Å². The molecule has 2 heterocycles. The Morgan fingerprint density at radius 3 is 2.37 bits per heavy atom. The van der Waals surface area contributed by atoms with Crippen molar-refractivity contribution in [2.75, 3.05) is 6.61 Å². The average molecular weight is 414 g/mol. The molecule has 160 valence electrons. The summed E-state index contributed by atoms with van der Waals surface area (Å²) in [6.07, 6.45) is 5.37. The van der Waals surface area contributed by atoms with Crippen LogP contribution in [0.5, 0.6) is 11.5 Å². The number of esters is 2. The molecule has 1 fully saturated rings. The minimum atomic E-state index is -0.806. The van der Waals surface area contributed by atoms with Gasteiger partial charge >= 0.3 is 11.9 Å². The summed E-state index contributed by atoms with van der Waals surface area (Å²) in [5, 5.41) is 0. The van der Waals surface area contributed by atoms with Gasteiger partial charge in [-0.15, -0.1) is 0 Å². The van der Waals surface area contributed by atoms with E-state index in [9.17, 15) is 9.59 Å². The molecule has 0 amide bonds. The van der Waals surface area contributed by atoms with Gasteiger partial charge in [-0.05, 0) is 44.5 Å². The van der Waals surface area contributed by atoms with E-state index in [0.717, 1.165) is 24.8 Å². The highest BCUT2D eigenvalue weighted by Gasteiger charge is 2.38. The van der Waals surface area contributed by atoms with Gasteiger partial charge in [0.25, 0.3) is 0 Å². The fourth-order valence-corrected chi connectivity index (χ4v) is 2.88. The van der Waals surface area contributed by atoms with Crippen LogP contribution in [0.4, 0.5) is 0 Å². The van der Waals surface area contributed by atoms with Crippen molar-refractivity contribution in [2.45, 2.75) is 58.3 Å². The van der Waals surface area contributed by atoms with Gasteiger partial charge in [0.2, 0.25) is 0 Å². The second-order valence-electron chi connectivity index (χ2n) is 7.44. The van der Waals surface area contributed by atoms with Crippen LogP contribution >= 0.6 is 0 Å². The van der Waals surface area contributed by atoms with Crippen molar-refractivity contribution in [3.63, 3.8) is 0 Å². The molecule has 3 rings (SSSR count). The Kier molecular flexibility index (Phi) is 7.12. The van der Waals surface area contributed by atoms with Crippen molar-refractivity contribution < 1.29 is 28.5 Å². The van der Waals surface area contributed by atoms with Crippen molar-refractivity contribution in [3.05, 3.63) is 36.7 Å². The SMILES string of the molecule is CCCCCC(=O)Oc1ccc(-c2ncc(OC(=O)[C@H]3COC(C)(C)O3)cn2)cc1. The lowest BCUT2D eigenvalue weighted by atomic mass is 10.2. The maximum Gasteiger partial charge on any atom is 0.343 e. The van der Waals surface area contributed by atoms with E-state index in [-0.39, 0.29) is 18.3 Å². The Balaban J connectivity index is 1.54. The third-order valence-electron chi connectivity index (χ3n) is 4.45. The highest BCUT2D eigenvalue weighted by molar-refractivity contribution is 5.77. The summed E-state index contributed by atoms with van der Waals surface area (Å²) in [6, 6.07) is 6.93. The molecule has 1 atom stereocenters. The first kappa shape index (κ1) is 21.9. The molecule has 8 heteroatoms. The van der Waals surface area contributed by atoms with E-state index in [1.807, 2.05) is 0 Å². The molecule has 2 aromatic rings. The van der Waals surface area contributed by atoms with Crippen LogP contribution in [0.25, 0.3) is 11.4 Å². The second-order valence-corrected chi connectivity index (χ2v) is 7.44. The summed E-state index contributed by atoms with van der Waals surface area (Å²) < 4.78 is 21.4. The number of rotatable bonds is 8. The van der Waals surface area contributed by atoms with Gasteiger partial charge in [0.1, 0.15) is 5.75 Å². The lowest BCUT2D eigenvalue weighted by Gasteiger charge is -2.16. The maximum absolute atomic E-state index is 12.1. The molecule has 0 unspecified atom stereocenters. The predicted molar refractivity (Wildman–Crippen MR) is 108 cm³/mol. The van der Waals surface area contributed by atoms with E-state index in [1.165, 1.54) is 12.4 Å². The average Bonchev–Trinajstić information content (AvgIpc) is 3.09. The highest BCUT2D eigenvalue weighted by Crippen LogP contribution is 2.24. The molecule has 0 aliphatic carbocycles. The van der Waals surface area contributed by atoms with Crippen LogP contribution in [0.15, 0.2) is 36.7 Å². The van der Waals surface area contributed by atoms with E-state index >= 15 is 0 Å². The van der Waals surface area contributed by atoms with Gasteiger partial charge in [-0.25, -0.2) is 14.8 Å². The molecule has 1 aliphatic rings. The lowest BCUT2D eigenvalue weighted by Crippen LogP contribution is -2.30. The van der Waals surface area contributed by atoms with Gasteiger partial charge in [0.05, 0.1) is 19.0 Å². The quantitative estimate of drug-likeness (QED) is 0.367. The minimum Gasteiger partial charge on any atom is -0.427 e. The second kappa shape index (κ2) is 9.77. The Morgan fingerprint density at radius 2 is 1.77 bits per heavy atom. The monoisotopic (exact) mass is 414 g/mol. The molecule has 0 N–H and O–H groups in total. The van der Waals surface area contributed by atoms with Gasteiger partial charge in [0.15, 0.2) is 23.5 Å². The first-order chi connectivity index (χ1) is 14.4. The number of hydrogen-bond donors (Lipinski definition) is 0. The summed E-state index contributed by atoms with van der Waals surface area (Å²) in [6.45, 7) is 5.69. The number of unbranched alkanes of at least 4 members (excludes halogenated alkanes) is 2. The third kappa shape index (κ3) is 6.08. The Labute approximate surface area is 175 Å². The number of aromatic nitrogens is 2. The molecule has 0 radical (unpaired) electrons. The molecule has 0 saturated carbocycles. The van der Waals surface area contributed by atoms with E-state index in [4.69, 9.17) is 18.9 Å². The Morgan fingerprint density at radius 1 is 1.07 bits per heavy atom. The molecular weight excluding hydrogens is 388 g/mol. The first-order valence-electron chi connectivity index (χ1n) is 10.0. The molecule has 30 heavy (non-hydrogen) atoms. The number of hydrogen-bond acceptors (Lipinski definition) is 8. The number of benzene rings is 1. The van der Waals surface area contributed by atoms with Crippen LogP contribution in [0.3, 0.4) is 0 Å². The van der Waals surface area contributed by atoms with Crippen molar-refractivity contribution in [1.82, 2.24) is 9.97 Å². The fourth-order valence-electron chi connectivity index (χ4n) is 2.88. The lowest BCUT2D eigenvalue weighted by molar-refractivity contribution is -0.162. The van der Waals surface area contributed by atoms with Gasteiger partial charge in [0, 0.05) is 12.0 Å². The topological polar surface area (TPSA) is 96.8 Å². The van der Waals surface area contributed by atoms with E-state index in [0.29, 0.717) is 18.0 Å². The molecule has 1 aliphatic heterocycles. The Bertz CT molecular complexity index is 864. The van der Waals surface area contributed by atoms with Crippen LogP contribution in [0, 0.1) is 0 Å². The van der Waals surface area contributed by atoms with Crippen molar-refractivity contribution in [2.24, 2.45) is 0 Å². The summed E-state index contributed by atoms with van der Waals surface area (Å²) in [5.41, 5.74) is 0.743. The zero-order valence-electron chi connectivity index (χ0n) is 17.4. The number of carbonyl (C=O) groups is 2. The fraction of sp³-hybridized carbons (Fsp3) is 0.455. The van der Waals surface area contributed by atoms with E-state index < -0.39 is 17.9 Å². The normalized spacial score (nSPS) is 17.5. The van der Waals surface area contributed by atoms with Gasteiger partial charge in [-0.2, -0.15) is 0 Å². The number of nitrogens with zero attached hydrogens (tertiary/aromatic N) is 2. The van der Waals surface area contributed by atoms with Crippen molar-refractivity contribution >= 4 is 11.9 Å². The minimum absolute atomic E-state index is 0.139. The zero-order valence-corrected chi connectivity index (χ0v) is 17.4. The summed E-state index contributed by atoms with van der Waals surface area (Å²) in [5.74, 6) is -0.444. The zero-order chi connectivity index (χ0) is 21.6. The molecule has 0 spiro atoms. The van der Waals surface area contributed by atoms with Crippen LogP contribution in [-0.2, 0) is 19.1 Å². The summed E-state index contributed by atoms with van der Waals surface area (Å²) in [4.78, 5) is 32.4. The first-order valence-corrected chi connectivity index (χ1v) is 10.0. The largest absolute Gasteiger partial charge is 0.427 e. The number of ether oxygens (including phenoxy) is 4. The van der Waals surface area contributed by atoms with E-state index in [2.05, 4.69) is 16.9 Å². The van der Waals surface area contributed by atoms with Gasteiger partial charge < -0.3 is 18.9 Å². The third-order valence-corrected chi connectivity index (χ3v) is 4.45. The number of carbonyl (C=O) groups excluding carboxylic acids is 2. The smallest absolute Gasteiger partial charge is 0.343 e. The summed E-state index contributed by atoms with van der Waals surface area (Å²) in [7, 11) is 0. The molecular formula is C22H26N2O6. The molecule has 1 aromatic heterocycles. The maximum atomic E-state index is 12.1. The molecule has 1 saturated heterocycles. The van der Waals surface area contributed by atoms with Crippen molar-refractivity contribution in [1.29, 1.82) is 0 Å². The molecule has 1 aromatic carbocycles. The van der Waals surface area contributed by atoms with Gasteiger partial charge in [-0.3, -0.25) is 4.79 Å². The molecule has 8 nitrogen and oxygen atoms in total. The Hall–Kier alpha value is -2.84. The predicted octanol–water partition coefficient (Wildman–Crippen LogP) is 3.69. The molecule has 0 bridgehead atoms. The van der Waals surface area contributed by atoms with Crippen LogP contribution in [-0.4, -0.2) is 40.4 Å². The van der Waals surface area contributed by atoms with Crippen LogP contribution in [0.2, 0.25) is 0 Å². The van der Waals surface area contributed by atoms with Crippen molar-refractivity contribution in [3.8, 4) is 22.9 Å². The van der Waals surface area contributed by atoms with Crippen LogP contribution in [0.1, 0.15) is 46.5 Å². The highest BCUT2D eigenvalue weighted by atomic mass is 16.8. The summed E-state index contributed by atoms with van der Waals surface area (Å²) >= 11 is 0. The van der Waals surface area contributed by atoms with Gasteiger partial charge in [-0.1, -0.05) is 19.8 Å². The standard InChI is InChI=1S/C22H26N2O6/c1-4-5-6-7-19(25)28-16-10-8-15(9-11-16)20-23-12-17(13-24-20)29-21(26)18-14-27-22(2,3)30-18/h8-13,18H,4-7,14H2,1-3H3/t18-/m1/s1.